The van der Waals surface area contributed by atoms with Crippen LogP contribution < -0.4 is 11.1 Å². The first-order valence-corrected chi connectivity index (χ1v) is 3.99. The molecule has 0 saturated carbocycles. The topological polar surface area (TPSA) is 77.2 Å². The Morgan fingerprint density at radius 2 is 2.42 bits per heavy atom. The largest absolute Gasteiger partial charge is 0.465 e. The van der Waals surface area contributed by atoms with E-state index < -0.39 is 5.97 Å². The Kier molecular flexibility index (Phi) is 2.49. The number of aromatic nitrogens is 1. The Hall–Kier alpha value is -1.30. The summed E-state index contributed by atoms with van der Waals surface area (Å²) in [5, 5.41) is 3.43. The predicted molar refractivity (Wildman–Crippen MR) is 47.4 cm³/mol. The van der Waals surface area contributed by atoms with E-state index in [0.29, 0.717) is 10.6 Å². The van der Waals surface area contributed by atoms with E-state index in [-0.39, 0.29) is 5.82 Å². The Balaban J connectivity index is 3.10. The Morgan fingerprint density at radius 1 is 1.75 bits per heavy atom. The molecule has 0 aromatic carbocycles. The molecule has 1 aromatic heterocycles. The number of nitrogens with one attached hydrogen (secondary N) is 1. The summed E-state index contributed by atoms with van der Waals surface area (Å²) in [5.74, 6) is -0.262. The third-order valence-electron chi connectivity index (χ3n) is 1.34. The molecule has 66 valence electrons. The molecule has 5 nitrogen and oxygen atoms in total. The number of nitrogen functional groups attached to an aromatic ring is 1. The molecule has 0 saturated heterocycles. The molecule has 3 N–H and O–H groups in total. The molecule has 0 unspecified atom stereocenters. The molecular weight excluding hydrogens is 178 g/mol. The van der Waals surface area contributed by atoms with Gasteiger partial charge < -0.3 is 15.8 Å². The number of methoxy groups -OCH3 is 1. The second-order valence-corrected chi connectivity index (χ2v) is 2.79. The van der Waals surface area contributed by atoms with Crippen molar-refractivity contribution in [1.29, 1.82) is 0 Å². The van der Waals surface area contributed by atoms with Crippen LogP contribution in [-0.2, 0) is 4.74 Å². The Bertz CT molecular complexity index is 297. The summed E-state index contributed by atoms with van der Waals surface area (Å²) in [6.45, 7) is 0. The van der Waals surface area contributed by atoms with Crippen molar-refractivity contribution in [3.8, 4) is 0 Å². The molecule has 0 aliphatic heterocycles. The van der Waals surface area contributed by atoms with Crippen molar-refractivity contribution in [2.75, 3.05) is 25.2 Å². The SMILES string of the molecule is CNc1snc(N)c1C(=O)OC. The monoisotopic (exact) mass is 187 g/mol. The minimum Gasteiger partial charge on any atom is -0.465 e. The first kappa shape index (κ1) is 8.79. The second-order valence-electron chi connectivity index (χ2n) is 2.01. The van der Waals surface area contributed by atoms with Gasteiger partial charge in [-0.2, -0.15) is 4.37 Å². The number of hydrogen-bond donors (Lipinski definition) is 2. The molecule has 0 spiro atoms. The van der Waals surface area contributed by atoms with E-state index in [0.717, 1.165) is 11.5 Å². The third-order valence-corrected chi connectivity index (χ3v) is 2.21. The fourth-order valence-electron chi connectivity index (χ4n) is 0.772. The zero-order valence-corrected chi connectivity index (χ0v) is 7.57. The molecule has 6 heteroatoms. The maximum atomic E-state index is 11.1. The standard InChI is InChI=1S/C6H9N3O2S/c1-8-5-3(6(10)11-2)4(7)9-12-5/h8H,1-2H3,(H2,7,9). The summed E-state index contributed by atoms with van der Waals surface area (Å²) in [7, 11) is 3.00. The number of nitrogens with zero attached hydrogens (tertiary/aromatic N) is 1. The molecule has 0 aliphatic rings. The van der Waals surface area contributed by atoms with Crippen molar-refractivity contribution in [3.05, 3.63) is 5.56 Å². The molecule has 0 radical (unpaired) electrons. The lowest BCUT2D eigenvalue weighted by atomic mass is 10.3. The van der Waals surface area contributed by atoms with Gasteiger partial charge in [-0.15, -0.1) is 0 Å². The molecule has 0 fully saturated rings. The average molecular weight is 187 g/mol. The van der Waals surface area contributed by atoms with Gasteiger partial charge in [0.1, 0.15) is 10.6 Å². The fourth-order valence-corrected chi connectivity index (χ4v) is 1.42. The van der Waals surface area contributed by atoms with Crippen LogP contribution in [0.1, 0.15) is 10.4 Å². The quantitative estimate of drug-likeness (QED) is 0.661. The maximum absolute atomic E-state index is 11.1. The van der Waals surface area contributed by atoms with E-state index in [9.17, 15) is 4.79 Å². The summed E-state index contributed by atoms with van der Waals surface area (Å²) >= 11 is 1.13. The van der Waals surface area contributed by atoms with Crippen LogP contribution in [-0.4, -0.2) is 24.5 Å². The summed E-state index contributed by atoms with van der Waals surface area (Å²) in [6, 6.07) is 0. The highest BCUT2D eigenvalue weighted by molar-refractivity contribution is 7.11. The van der Waals surface area contributed by atoms with Crippen LogP contribution in [0, 0.1) is 0 Å². The third kappa shape index (κ3) is 1.33. The molecule has 0 aliphatic carbocycles. The van der Waals surface area contributed by atoms with E-state index in [1.54, 1.807) is 7.05 Å². The number of anilines is 2. The number of carbonyl (C=O) groups is 1. The van der Waals surface area contributed by atoms with Gasteiger partial charge in [0.25, 0.3) is 0 Å². The predicted octanol–water partition coefficient (Wildman–Crippen LogP) is 0.554. The molecule has 0 amide bonds. The van der Waals surface area contributed by atoms with E-state index in [1.165, 1.54) is 7.11 Å². The van der Waals surface area contributed by atoms with Gasteiger partial charge in [0.2, 0.25) is 0 Å². The van der Waals surface area contributed by atoms with Crippen LogP contribution in [0.3, 0.4) is 0 Å². The van der Waals surface area contributed by atoms with Crippen LogP contribution in [0.4, 0.5) is 10.8 Å². The van der Waals surface area contributed by atoms with E-state index in [4.69, 9.17) is 5.73 Å². The lowest BCUT2D eigenvalue weighted by Crippen LogP contribution is -2.06. The molecule has 12 heavy (non-hydrogen) atoms. The first-order chi connectivity index (χ1) is 5.70. The summed E-state index contributed by atoms with van der Waals surface area (Å²) in [5.41, 5.74) is 5.76. The first-order valence-electron chi connectivity index (χ1n) is 3.22. The van der Waals surface area contributed by atoms with Gasteiger partial charge in [0.15, 0.2) is 5.82 Å². The van der Waals surface area contributed by atoms with Crippen molar-refractivity contribution in [3.63, 3.8) is 0 Å². The van der Waals surface area contributed by atoms with Crippen LogP contribution in [0.2, 0.25) is 0 Å². The highest BCUT2D eigenvalue weighted by Crippen LogP contribution is 2.26. The second kappa shape index (κ2) is 3.40. The van der Waals surface area contributed by atoms with Crippen LogP contribution in [0.15, 0.2) is 0 Å². The molecule has 0 bridgehead atoms. The van der Waals surface area contributed by atoms with Gasteiger partial charge in [-0.3, -0.25) is 0 Å². The van der Waals surface area contributed by atoms with Gasteiger partial charge >= 0.3 is 5.97 Å². The minimum absolute atomic E-state index is 0.205. The molecule has 1 heterocycles. The van der Waals surface area contributed by atoms with E-state index in [1.807, 2.05) is 0 Å². The van der Waals surface area contributed by atoms with Gasteiger partial charge in [-0.1, -0.05) is 0 Å². The maximum Gasteiger partial charge on any atom is 0.344 e. The molecular formula is C6H9N3O2S. The van der Waals surface area contributed by atoms with Crippen molar-refractivity contribution in [2.24, 2.45) is 0 Å². The van der Waals surface area contributed by atoms with Crippen molar-refractivity contribution in [1.82, 2.24) is 4.37 Å². The number of hydrogen-bond acceptors (Lipinski definition) is 6. The van der Waals surface area contributed by atoms with Crippen molar-refractivity contribution < 1.29 is 9.53 Å². The molecule has 1 aromatic rings. The van der Waals surface area contributed by atoms with Crippen LogP contribution in [0.5, 0.6) is 0 Å². The molecule has 0 atom stereocenters. The van der Waals surface area contributed by atoms with Crippen LogP contribution >= 0.6 is 11.5 Å². The van der Waals surface area contributed by atoms with Crippen LogP contribution in [0.25, 0.3) is 0 Å². The van der Waals surface area contributed by atoms with Crippen molar-refractivity contribution in [2.45, 2.75) is 0 Å². The van der Waals surface area contributed by atoms with Gasteiger partial charge in [-0.25, -0.2) is 4.79 Å². The summed E-state index contributed by atoms with van der Waals surface area (Å²) in [4.78, 5) is 11.1. The van der Waals surface area contributed by atoms with Crippen molar-refractivity contribution >= 4 is 28.3 Å². The van der Waals surface area contributed by atoms with E-state index in [2.05, 4.69) is 14.4 Å². The number of rotatable bonds is 2. The minimum atomic E-state index is -0.467. The number of ether oxygens (including phenoxy) is 1. The zero-order chi connectivity index (χ0) is 9.14. The lowest BCUT2D eigenvalue weighted by Gasteiger charge is -1.99. The normalized spacial score (nSPS) is 9.50. The van der Waals surface area contributed by atoms with E-state index >= 15 is 0 Å². The fraction of sp³-hybridized carbons (Fsp3) is 0.333. The smallest absolute Gasteiger partial charge is 0.344 e. The Morgan fingerprint density at radius 3 is 2.92 bits per heavy atom. The number of esters is 1. The van der Waals surface area contributed by atoms with Gasteiger partial charge in [0.05, 0.1) is 7.11 Å². The summed E-state index contributed by atoms with van der Waals surface area (Å²) in [6.07, 6.45) is 0. The van der Waals surface area contributed by atoms with Gasteiger partial charge in [-0.05, 0) is 11.5 Å². The highest BCUT2D eigenvalue weighted by Gasteiger charge is 2.18. The van der Waals surface area contributed by atoms with Gasteiger partial charge in [0, 0.05) is 7.05 Å². The molecule has 1 rings (SSSR count). The zero-order valence-electron chi connectivity index (χ0n) is 6.75. The summed E-state index contributed by atoms with van der Waals surface area (Å²) < 4.78 is 8.34. The highest BCUT2D eigenvalue weighted by atomic mass is 32.1. The lowest BCUT2D eigenvalue weighted by molar-refractivity contribution is 0.0603. The Labute approximate surface area is 73.7 Å². The number of carbonyl (C=O) groups excluding carboxylic acids is 1. The average Bonchev–Trinajstić information content (AvgIpc) is 2.45. The number of nitrogens with two attached hydrogens (primary N) is 1.